The molecule has 136 valence electrons. The minimum absolute atomic E-state index is 0.239. The summed E-state index contributed by atoms with van der Waals surface area (Å²) in [4.78, 5) is 7.65. The van der Waals surface area contributed by atoms with E-state index in [1.807, 2.05) is 6.07 Å². The number of unbranched alkanes of at least 4 members (excludes halogenated alkanes) is 1. The van der Waals surface area contributed by atoms with E-state index in [0.717, 1.165) is 30.7 Å². The van der Waals surface area contributed by atoms with Crippen molar-refractivity contribution in [1.82, 2.24) is 0 Å². The Morgan fingerprint density at radius 1 is 0.815 bits per heavy atom. The lowest BCUT2D eigenvalue weighted by molar-refractivity contribution is 0.502. The van der Waals surface area contributed by atoms with Crippen LogP contribution in [0.2, 0.25) is 0 Å². The molecule has 0 saturated heterocycles. The first-order valence-electron chi connectivity index (χ1n) is 9.80. The van der Waals surface area contributed by atoms with E-state index in [-0.39, 0.29) is 5.54 Å². The zero-order valence-corrected chi connectivity index (χ0v) is 16.1. The van der Waals surface area contributed by atoms with Crippen LogP contribution in [0.5, 0.6) is 0 Å². The summed E-state index contributed by atoms with van der Waals surface area (Å²) in [6.45, 7) is 2.26. The second-order valence-electron chi connectivity index (χ2n) is 7.20. The third kappa shape index (κ3) is 2.95. The lowest BCUT2D eigenvalue weighted by Gasteiger charge is -2.39. The molecule has 0 spiro atoms. The molecule has 3 aromatic carbocycles. The maximum absolute atomic E-state index is 5.21. The molecule has 1 unspecified atom stereocenters. The van der Waals surface area contributed by atoms with Gasteiger partial charge >= 0.3 is 0 Å². The lowest BCUT2D eigenvalue weighted by Crippen LogP contribution is -2.46. The molecule has 27 heavy (non-hydrogen) atoms. The Morgan fingerprint density at radius 2 is 1.44 bits per heavy atom. The summed E-state index contributed by atoms with van der Waals surface area (Å²) in [5.74, 6) is 0. The maximum atomic E-state index is 5.21. The Bertz CT molecular complexity index is 931. The highest BCUT2D eigenvalue weighted by atomic mass is 15.2. The number of nitrogens with zero attached hydrogens (tertiary/aromatic N) is 2. The van der Waals surface area contributed by atoms with Crippen LogP contribution in [0, 0.1) is 0 Å². The summed E-state index contributed by atoms with van der Waals surface area (Å²) in [6.07, 6.45) is 3.36. The molecular formula is C25H26N2. The highest BCUT2D eigenvalue weighted by Crippen LogP contribution is 2.48. The number of likely N-dealkylation sites (N-methyl/N-ethyl adjacent to an activating group) is 1. The normalized spacial score (nSPS) is 20.1. The van der Waals surface area contributed by atoms with Crippen LogP contribution in [0.4, 0.5) is 11.4 Å². The molecule has 0 N–H and O–H groups in total. The molecule has 1 atom stereocenters. The zero-order valence-electron chi connectivity index (χ0n) is 16.1. The average molecular weight is 354 g/mol. The minimum atomic E-state index is -0.239. The molecule has 0 amide bonds. The van der Waals surface area contributed by atoms with E-state index in [1.54, 1.807) is 0 Å². The van der Waals surface area contributed by atoms with Crippen LogP contribution in [-0.2, 0) is 5.54 Å². The third-order valence-electron chi connectivity index (χ3n) is 5.63. The Labute approximate surface area is 162 Å². The number of hydrogen-bond donors (Lipinski definition) is 0. The fourth-order valence-electron chi connectivity index (χ4n) is 4.25. The van der Waals surface area contributed by atoms with Crippen LogP contribution in [0.3, 0.4) is 0 Å². The van der Waals surface area contributed by atoms with Gasteiger partial charge in [-0.2, -0.15) is 0 Å². The van der Waals surface area contributed by atoms with Gasteiger partial charge in [0.05, 0.1) is 11.4 Å². The van der Waals surface area contributed by atoms with Gasteiger partial charge in [-0.25, -0.2) is 4.99 Å². The summed E-state index contributed by atoms with van der Waals surface area (Å²) >= 11 is 0. The number of aliphatic imine (C=N–C) groups is 1. The van der Waals surface area contributed by atoms with Crippen LogP contribution in [-0.4, -0.2) is 12.8 Å². The monoisotopic (exact) mass is 354 g/mol. The average Bonchev–Trinajstić information content (AvgIpc) is 2.97. The molecule has 0 fully saturated rings. The van der Waals surface area contributed by atoms with Gasteiger partial charge < -0.3 is 4.90 Å². The molecule has 0 bridgehead atoms. The van der Waals surface area contributed by atoms with E-state index >= 15 is 0 Å². The molecular weight excluding hydrogens is 328 g/mol. The number of hydrogen-bond acceptors (Lipinski definition) is 2. The van der Waals surface area contributed by atoms with Crippen molar-refractivity contribution in [3.8, 4) is 0 Å². The number of benzene rings is 3. The van der Waals surface area contributed by atoms with Crippen LogP contribution >= 0.6 is 0 Å². The molecule has 2 nitrogen and oxygen atoms in total. The molecule has 1 aliphatic rings. The molecule has 0 aliphatic carbocycles. The van der Waals surface area contributed by atoms with Gasteiger partial charge in [0.15, 0.2) is 0 Å². The quantitative estimate of drug-likeness (QED) is 0.522. The molecule has 0 radical (unpaired) electrons. The van der Waals surface area contributed by atoms with Gasteiger partial charge in [0.2, 0.25) is 0 Å². The first-order chi connectivity index (χ1) is 13.3. The summed E-state index contributed by atoms with van der Waals surface area (Å²) in [5.41, 5.74) is 5.74. The molecule has 2 heteroatoms. The summed E-state index contributed by atoms with van der Waals surface area (Å²) in [5, 5.41) is 0. The first-order valence-corrected chi connectivity index (χ1v) is 9.80. The van der Waals surface area contributed by atoms with Crippen molar-refractivity contribution < 1.29 is 0 Å². The first kappa shape index (κ1) is 17.5. The third-order valence-corrected chi connectivity index (χ3v) is 5.63. The van der Waals surface area contributed by atoms with Crippen molar-refractivity contribution in [2.24, 2.45) is 4.99 Å². The summed E-state index contributed by atoms with van der Waals surface area (Å²) in [6, 6.07) is 29.9. The Morgan fingerprint density at radius 3 is 2.15 bits per heavy atom. The zero-order chi connectivity index (χ0) is 18.7. The number of para-hydroxylation sites is 2. The molecule has 3 aromatic rings. The fourth-order valence-corrected chi connectivity index (χ4v) is 4.25. The molecule has 0 aromatic heterocycles. The maximum Gasteiger partial charge on any atom is 0.108 e. The SMILES string of the molecule is CCCCC1(c2ccccc2)/C(=N\c2ccccc2)c2ccccc2N1C. The fraction of sp³-hybridized carbons (Fsp3) is 0.240. The van der Waals surface area contributed by atoms with Crippen molar-refractivity contribution in [2.45, 2.75) is 31.7 Å². The molecule has 1 aliphatic heterocycles. The molecule has 1 heterocycles. The van der Waals surface area contributed by atoms with Crippen molar-refractivity contribution in [1.29, 1.82) is 0 Å². The summed E-state index contributed by atoms with van der Waals surface area (Å²) in [7, 11) is 2.22. The highest BCUT2D eigenvalue weighted by molar-refractivity contribution is 6.18. The van der Waals surface area contributed by atoms with E-state index in [9.17, 15) is 0 Å². The van der Waals surface area contributed by atoms with Gasteiger partial charge in [0.25, 0.3) is 0 Å². The van der Waals surface area contributed by atoms with Gasteiger partial charge in [-0.3, -0.25) is 0 Å². The predicted octanol–water partition coefficient (Wildman–Crippen LogP) is 6.34. The van der Waals surface area contributed by atoms with Crippen molar-refractivity contribution in [3.63, 3.8) is 0 Å². The number of fused-ring (bicyclic) bond motifs is 1. The predicted molar refractivity (Wildman–Crippen MR) is 115 cm³/mol. The van der Waals surface area contributed by atoms with Crippen molar-refractivity contribution in [2.75, 3.05) is 11.9 Å². The van der Waals surface area contributed by atoms with Gasteiger partial charge in [-0.1, -0.05) is 86.5 Å². The number of anilines is 1. The number of rotatable bonds is 5. The van der Waals surface area contributed by atoms with E-state index in [1.165, 1.54) is 16.8 Å². The lowest BCUT2D eigenvalue weighted by atomic mass is 9.80. The van der Waals surface area contributed by atoms with Crippen LogP contribution in [0.1, 0.15) is 37.3 Å². The highest BCUT2D eigenvalue weighted by Gasteiger charge is 2.48. The van der Waals surface area contributed by atoms with Gasteiger partial charge in [0.1, 0.15) is 5.54 Å². The van der Waals surface area contributed by atoms with Gasteiger partial charge in [0, 0.05) is 18.3 Å². The second kappa shape index (κ2) is 7.40. The van der Waals surface area contributed by atoms with Crippen LogP contribution in [0.15, 0.2) is 89.9 Å². The molecule has 4 rings (SSSR count). The Balaban J connectivity index is 1.98. The summed E-state index contributed by atoms with van der Waals surface area (Å²) < 4.78 is 0. The van der Waals surface area contributed by atoms with Crippen molar-refractivity contribution in [3.05, 3.63) is 96.1 Å². The Hall–Kier alpha value is -2.87. The van der Waals surface area contributed by atoms with E-state index in [2.05, 4.69) is 97.7 Å². The molecule has 0 saturated carbocycles. The van der Waals surface area contributed by atoms with Crippen LogP contribution in [0.25, 0.3) is 0 Å². The van der Waals surface area contributed by atoms with Crippen LogP contribution < -0.4 is 4.90 Å². The van der Waals surface area contributed by atoms with Crippen molar-refractivity contribution >= 4 is 17.1 Å². The Kier molecular flexibility index (Phi) is 4.81. The smallest absolute Gasteiger partial charge is 0.108 e. The van der Waals surface area contributed by atoms with E-state index in [0.29, 0.717) is 0 Å². The van der Waals surface area contributed by atoms with Gasteiger partial charge in [-0.05, 0) is 30.2 Å². The van der Waals surface area contributed by atoms with E-state index < -0.39 is 0 Å². The van der Waals surface area contributed by atoms with E-state index in [4.69, 9.17) is 4.99 Å². The topological polar surface area (TPSA) is 15.6 Å². The second-order valence-corrected chi connectivity index (χ2v) is 7.20. The van der Waals surface area contributed by atoms with Gasteiger partial charge in [-0.15, -0.1) is 0 Å². The standard InChI is InChI=1S/C25H26N2/c1-3-4-19-25(20-13-7-5-8-14-20)24(26-21-15-9-6-10-16-21)22-17-11-12-18-23(22)27(25)2/h5-18H,3-4,19H2,1-2H3/b26-24-. The largest absolute Gasteiger partial charge is 0.359 e. The minimum Gasteiger partial charge on any atom is -0.359 e.